The molecule has 0 atom stereocenters. The van der Waals surface area contributed by atoms with E-state index in [2.05, 4.69) is 19.0 Å². The number of nitrogens with one attached hydrogen (secondary N) is 1. The van der Waals surface area contributed by atoms with E-state index in [9.17, 15) is 13.2 Å². The van der Waals surface area contributed by atoms with Crippen LogP contribution in [0.1, 0.15) is 18.4 Å². The maximum Gasteiger partial charge on any atom is 0.443 e. The Bertz CT molecular complexity index is 520. The van der Waals surface area contributed by atoms with Crippen LogP contribution in [0.3, 0.4) is 0 Å². The predicted molar refractivity (Wildman–Crippen MR) is 64.8 cm³/mol. The molecule has 0 saturated carbocycles. The van der Waals surface area contributed by atoms with Crippen LogP contribution in [0.2, 0.25) is 0 Å². The van der Waals surface area contributed by atoms with Crippen LogP contribution in [0.5, 0.6) is 0 Å². The number of nitrogens with zero attached hydrogens (tertiary/aromatic N) is 3. The molecule has 4 nitrogen and oxygen atoms in total. The number of halogens is 3. The summed E-state index contributed by atoms with van der Waals surface area (Å²) in [4.78, 5) is 3.74. The molecule has 0 bridgehead atoms. The summed E-state index contributed by atoms with van der Waals surface area (Å²) >= 11 is 1.54. The van der Waals surface area contributed by atoms with Gasteiger partial charge in [-0.3, -0.25) is 0 Å². The number of anilines is 1. The standard InChI is InChI=1S/C9H9F3N4S2/c1-2-3-13-7-6(15-18-16-7)5-4-14-8(17-5)9(10,11)12/h4H,2-3H2,1H3,(H,13,16). The third-order valence-electron chi connectivity index (χ3n) is 2.01. The fraction of sp³-hybridized carbons (Fsp3) is 0.444. The number of alkyl halides is 3. The van der Waals surface area contributed by atoms with Crippen molar-refractivity contribution in [1.82, 2.24) is 13.7 Å². The van der Waals surface area contributed by atoms with Crippen molar-refractivity contribution >= 4 is 28.9 Å². The summed E-state index contributed by atoms with van der Waals surface area (Å²) in [5, 5.41) is 2.16. The average Bonchev–Trinajstić information content (AvgIpc) is 2.93. The molecule has 0 radical (unpaired) electrons. The van der Waals surface area contributed by atoms with Crippen molar-refractivity contribution in [1.29, 1.82) is 0 Å². The summed E-state index contributed by atoms with van der Waals surface area (Å²) in [5.74, 6) is 0.513. The van der Waals surface area contributed by atoms with Gasteiger partial charge in [-0.15, -0.1) is 11.3 Å². The summed E-state index contributed by atoms with van der Waals surface area (Å²) in [6.07, 6.45) is -2.34. The molecule has 0 aliphatic rings. The normalized spacial score (nSPS) is 11.8. The molecule has 0 aromatic carbocycles. The Morgan fingerprint density at radius 2 is 2.11 bits per heavy atom. The fourth-order valence-electron chi connectivity index (χ4n) is 1.22. The molecular formula is C9H9F3N4S2. The van der Waals surface area contributed by atoms with Gasteiger partial charge in [-0.05, 0) is 6.42 Å². The minimum atomic E-state index is -4.41. The summed E-state index contributed by atoms with van der Waals surface area (Å²) in [5.41, 5.74) is 0.432. The molecule has 9 heteroatoms. The molecule has 2 aromatic rings. The number of rotatable bonds is 4. The van der Waals surface area contributed by atoms with E-state index in [1.54, 1.807) is 0 Å². The molecule has 0 aliphatic heterocycles. The van der Waals surface area contributed by atoms with E-state index in [1.807, 2.05) is 6.92 Å². The van der Waals surface area contributed by atoms with Crippen LogP contribution in [-0.4, -0.2) is 20.3 Å². The van der Waals surface area contributed by atoms with Crippen LogP contribution in [0.15, 0.2) is 6.20 Å². The Balaban J connectivity index is 2.26. The van der Waals surface area contributed by atoms with E-state index in [0.29, 0.717) is 34.3 Å². The molecule has 98 valence electrons. The highest BCUT2D eigenvalue weighted by Gasteiger charge is 2.35. The van der Waals surface area contributed by atoms with Gasteiger partial charge in [0.2, 0.25) is 0 Å². The quantitative estimate of drug-likeness (QED) is 0.937. The van der Waals surface area contributed by atoms with E-state index >= 15 is 0 Å². The largest absolute Gasteiger partial charge is 0.443 e. The van der Waals surface area contributed by atoms with Gasteiger partial charge in [0, 0.05) is 12.7 Å². The number of aromatic nitrogens is 3. The van der Waals surface area contributed by atoms with Crippen molar-refractivity contribution in [3.63, 3.8) is 0 Å². The molecule has 2 rings (SSSR count). The van der Waals surface area contributed by atoms with Crippen molar-refractivity contribution in [2.45, 2.75) is 19.5 Å². The van der Waals surface area contributed by atoms with Crippen LogP contribution in [0.4, 0.5) is 19.0 Å². The van der Waals surface area contributed by atoms with E-state index in [0.717, 1.165) is 18.1 Å². The lowest BCUT2D eigenvalue weighted by atomic mass is 10.3. The zero-order chi connectivity index (χ0) is 13.2. The van der Waals surface area contributed by atoms with Crippen LogP contribution < -0.4 is 5.32 Å². The van der Waals surface area contributed by atoms with Gasteiger partial charge in [-0.1, -0.05) is 6.92 Å². The molecule has 18 heavy (non-hydrogen) atoms. The van der Waals surface area contributed by atoms with Gasteiger partial charge in [0.15, 0.2) is 10.8 Å². The second kappa shape index (κ2) is 5.19. The Hall–Kier alpha value is -1.22. The van der Waals surface area contributed by atoms with Crippen molar-refractivity contribution in [3.05, 3.63) is 11.2 Å². The molecule has 1 N–H and O–H groups in total. The minimum absolute atomic E-state index is 0.370. The topological polar surface area (TPSA) is 50.7 Å². The minimum Gasteiger partial charge on any atom is -0.367 e. The smallest absolute Gasteiger partial charge is 0.367 e. The maximum absolute atomic E-state index is 12.4. The molecule has 0 fully saturated rings. The predicted octanol–water partition coefficient (Wildman–Crippen LogP) is 3.50. The van der Waals surface area contributed by atoms with Gasteiger partial charge in [0.25, 0.3) is 0 Å². The molecule has 0 amide bonds. The van der Waals surface area contributed by atoms with Crippen molar-refractivity contribution in [3.8, 4) is 10.6 Å². The first-order valence-electron chi connectivity index (χ1n) is 5.12. The molecule has 0 spiro atoms. The Labute approximate surface area is 109 Å². The molecule has 2 aromatic heterocycles. The van der Waals surface area contributed by atoms with Gasteiger partial charge in [0.1, 0.15) is 5.69 Å². The van der Waals surface area contributed by atoms with Crippen molar-refractivity contribution < 1.29 is 13.2 Å². The molecule has 2 heterocycles. The lowest BCUT2D eigenvalue weighted by Gasteiger charge is -2.01. The summed E-state index contributed by atoms with van der Waals surface area (Å²) in [7, 11) is 0. The van der Waals surface area contributed by atoms with Crippen LogP contribution in [0.25, 0.3) is 10.6 Å². The highest BCUT2D eigenvalue weighted by atomic mass is 32.1. The van der Waals surface area contributed by atoms with E-state index < -0.39 is 11.2 Å². The summed E-state index contributed by atoms with van der Waals surface area (Å²) in [6, 6.07) is 0. The van der Waals surface area contributed by atoms with Crippen LogP contribution in [-0.2, 0) is 6.18 Å². The second-order valence-electron chi connectivity index (χ2n) is 3.42. The molecular weight excluding hydrogens is 285 g/mol. The molecule has 0 unspecified atom stereocenters. The van der Waals surface area contributed by atoms with E-state index in [-0.39, 0.29) is 0 Å². The molecule has 0 aliphatic carbocycles. The first-order valence-corrected chi connectivity index (χ1v) is 6.67. The lowest BCUT2D eigenvalue weighted by molar-refractivity contribution is -0.137. The Morgan fingerprint density at radius 1 is 1.33 bits per heavy atom. The third-order valence-corrected chi connectivity index (χ3v) is 3.59. The second-order valence-corrected chi connectivity index (χ2v) is 4.97. The number of thiazole rings is 1. The van der Waals surface area contributed by atoms with Gasteiger partial charge in [0.05, 0.1) is 16.6 Å². The van der Waals surface area contributed by atoms with Gasteiger partial charge >= 0.3 is 6.18 Å². The first kappa shape index (κ1) is 13.2. The number of hydrogen-bond donors (Lipinski definition) is 1. The van der Waals surface area contributed by atoms with Gasteiger partial charge in [-0.2, -0.15) is 21.9 Å². The molecule has 0 saturated heterocycles. The average molecular weight is 294 g/mol. The first-order chi connectivity index (χ1) is 8.52. The van der Waals surface area contributed by atoms with Crippen molar-refractivity contribution in [2.75, 3.05) is 11.9 Å². The van der Waals surface area contributed by atoms with Crippen LogP contribution in [0, 0.1) is 0 Å². The van der Waals surface area contributed by atoms with Crippen LogP contribution >= 0.6 is 23.1 Å². The third kappa shape index (κ3) is 2.78. The summed E-state index contributed by atoms with van der Waals surface area (Å²) in [6.45, 7) is 2.68. The van der Waals surface area contributed by atoms with Gasteiger partial charge < -0.3 is 5.32 Å². The van der Waals surface area contributed by atoms with E-state index in [1.165, 1.54) is 6.20 Å². The Morgan fingerprint density at radius 3 is 2.72 bits per heavy atom. The Kier molecular flexibility index (Phi) is 3.81. The highest BCUT2D eigenvalue weighted by Crippen LogP contribution is 2.37. The SMILES string of the molecule is CCCNc1nsnc1-c1cnc(C(F)(F)F)s1. The number of hydrogen-bond acceptors (Lipinski definition) is 6. The lowest BCUT2D eigenvalue weighted by Crippen LogP contribution is -2.02. The fourth-order valence-corrected chi connectivity index (χ4v) is 2.60. The van der Waals surface area contributed by atoms with Gasteiger partial charge in [-0.25, -0.2) is 4.98 Å². The maximum atomic E-state index is 12.4. The zero-order valence-electron chi connectivity index (χ0n) is 9.28. The summed E-state index contributed by atoms with van der Waals surface area (Å²) < 4.78 is 45.4. The monoisotopic (exact) mass is 294 g/mol. The highest BCUT2D eigenvalue weighted by molar-refractivity contribution is 7.15. The zero-order valence-corrected chi connectivity index (χ0v) is 10.9. The van der Waals surface area contributed by atoms with E-state index in [4.69, 9.17) is 0 Å². The van der Waals surface area contributed by atoms with Crippen molar-refractivity contribution in [2.24, 2.45) is 0 Å².